The van der Waals surface area contributed by atoms with Crippen molar-refractivity contribution in [3.8, 4) is 0 Å². The molecular weight excluding hydrogens is 1060 g/mol. The Morgan fingerprint density at radius 3 is 1.56 bits per heavy atom. The largest absolute Gasteiger partial charge is 1.00 e. The number of rotatable bonds is 9. The van der Waals surface area contributed by atoms with Gasteiger partial charge in [-0.1, -0.05) is 46.0 Å². The van der Waals surface area contributed by atoms with Crippen LogP contribution in [0.5, 0.6) is 0 Å². The summed E-state index contributed by atoms with van der Waals surface area (Å²) in [4.78, 5) is 67.0. The third kappa shape index (κ3) is 29.0. The van der Waals surface area contributed by atoms with Gasteiger partial charge < -0.3 is 65.8 Å². The second-order valence-corrected chi connectivity index (χ2v) is 13.0. The van der Waals surface area contributed by atoms with Gasteiger partial charge in [0.05, 0.1) is 41.8 Å². The summed E-state index contributed by atoms with van der Waals surface area (Å²) >= 11 is 16.5. The van der Waals surface area contributed by atoms with Gasteiger partial charge in [-0.25, -0.2) is 19.9 Å². The van der Waals surface area contributed by atoms with Gasteiger partial charge in [0, 0.05) is 88.8 Å². The van der Waals surface area contributed by atoms with Gasteiger partial charge >= 0.3 is 103 Å². The molecule has 3 fully saturated rings. The molecule has 6 rings (SSSR count). The van der Waals surface area contributed by atoms with E-state index >= 15 is 0 Å². The number of amides is 3. The second kappa shape index (κ2) is 38.3. The van der Waals surface area contributed by atoms with Crippen LogP contribution in [0, 0.1) is 17.7 Å². The van der Waals surface area contributed by atoms with Gasteiger partial charge in [0.1, 0.15) is 16.8 Å². The van der Waals surface area contributed by atoms with Crippen molar-refractivity contribution in [3.05, 3.63) is 51.0 Å². The van der Waals surface area contributed by atoms with Gasteiger partial charge in [-0.15, -0.1) is 12.4 Å². The number of carbonyl (C=O) groups is 4. The minimum Gasteiger partial charge on any atom is -1.00 e. The maximum absolute atomic E-state index is 12.0. The van der Waals surface area contributed by atoms with Crippen LogP contribution >= 0.6 is 47.2 Å². The molecule has 28 heteroatoms. The van der Waals surface area contributed by atoms with E-state index in [2.05, 4.69) is 40.1 Å². The van der Waals surface area contributed by atoms with E-state index in [0.29, 0.717) is 6.20 Å². The maximum atomic E-state index is 12.0. The monoisotopic (exact) mass is 1170 g/mol. The first-order valence-electron chi connectivity index (χ1n) is 37.3. The molecule has 0 radical (unpaired) electrons. The molecule has 0 aliphatic heterocycles. The zero-order valence-corrected chi connectivity index (χ0v) is 47.0. The first kappa shape index (κ1) is 29.5. The minimum absolute atomic E-state index is 0. The molecule has 3 aromatic heterocycles. The Hall–Kier alpha value is -1.25. The van der Waals surface area contributed by atoms with Crippen LogP contribution in [0.15, 0.2) is 18.6 Å². The number of nitrogens with zero attached hydrogens (tertiary/aromatic N) is 6. The Kier molecular flexibility index (Phi) is 15.9. The van der Waals surface area contributed by atoms with Crippen LogP contribution in [0.25, 0.3) is 0 Å². The van der Waals surface area contributed by atoms with Crippen LogP contribution in [-0.2, 0) is 9.68 Å². The van der Waals surface area contributed by atoms with Gasteiger partial charge in [0.2, 0.25) is 16.5 Å². The van der Waals surface area contributed by atoms with Crippen LogP contribution in [0.3, 0.4) is 0 Å². The van der Waals surface area contributed by atoms with Crippen LogP contribution in [0.4, 0.5) is 17.6 Å². The van der Waals surface area contributed by atoms with E-state index < -0.39 is 196 Å². The molecule has 0 bridgehead atoms. The molecule has 0 saturated heterocycles. The normalized spacial score (nSPS) is 47.4. The number of nitrogens with one attached hydrogen (secondary N) is 3. The predicted molar refractivity (Wildman–Crippen MR) is 267 cm³/mol. The molecule has 3 heterocycles. The Balaban J connectivity index is -0.000000703. The molecule has 22 nitrogen and oxygen atoms in total. The van der Waals surface area contributed by atoms with Crippen molar-refractivity contribution in [2.75, 3.05) is 16.0 Å². The van der Waals surface area contributed by atoms with Gasteiger partial charge in [0.25, 0.3) is 24.2 Å². The molecule has 0 aromatic carbocycles. The zero-order chi connectivity index (χ0) is 86.3. The van der Waals surface area contributed by atoms with E-state index in [0.717, 1.165) is 6.20 Å². The summed E-state index contributed by atoms with van der Waals surface area (Å²) in [5, 5.41) is 45.3. The number of anilines is 3. The molecule has 14 N–H and O–H groups in total. The van der Waals surface area contributed by atoms with Crippen molar-refractivity contribution in [3.63, 3.8) is 0 Å². The molecule has 3 aliphatic carbocycles. The topological polar surface area (TPSA) is 379 Å². The predicted octanol–water partition coefficient (Wildman–Crippen LogP) is -1.68. The molecule has 71 heavy (non-hydrogen) atoms. The Morgan fingerprint density at radius 1 is 0.761 bits per heavy atom. The summed E-state index contributed by atoms with van der Waals surface area (Å²) in [5.41, 5.74) is 17.5. The number of halogens is 4. The SMILES string of the molecule is CC.Cl.NC(=O)c1cnc(Cl)nc1Cl.O=CO[O-].[2H]C([2H])([2H])C(C)(C)Nc1ncc(C(N)=O)c(NC2([2H])C([2H])([2H])C([2H])([2H])C([2H])(C([2H])([2H])[2H])C([2H])(O)C2([2H])[2H])n1.[2H]C([2H])([2H])C1([2H])C([2H])([2H])C([2H])([2H])C([2H])(N)C([2H])([2H])C1([2H])O.[2H]C([2H])([2H])C1([2H])C([2H])([2H])C([2H])([2H])C([2H])(Nc2nc(Cl)ncc2C(N)=O)C([2H])([2H])C1([2H])O.[H-].[K+].[K+]. The van der Waals surface area contributed by atoms with Gasteiger partial charge in [0.15, 0.2) is 0 Å². The van der Waals surface area contributed by atoms with Crippen LogP contribution < -0.4 is 147 Å². The molecule has 3 aromatic rings. The van der Waals surface area contributed by atoms with Crippen LogP contribution in [0.1, 0.15) is 198 Å². The molecule has 9 unspecified atom stereocenters. The maximum Gasteiger partial charge on any atom is 1.00 e. The first-order valence-corrected chi connectivity index (χ1v) is 18.9. The Bertz CT molecular complexity index is 3710. The van der Waals surface area contributed by atoms with Crippen molar-refractivity contribution in [1.29, 1.82) is 0 Å². The van der Waals surface area contributed by atoms with Crippen molar-refractivity contribution in [1.82, 2.24) is 29.9 Å². The smallest absolute Gasteiger partial charge is 1.00 e. The van der Waals surface area contributed by atoms with Crippen LogP contribution in [0.2, 0.25) is 15.7 Å². The van der Waals surface area contributed by atoms with E-state index in [1.165, 1.54) is 20.0 Å². The third-order valence-corrected chi connectivity index (χ3v) is 7.06. The standard InChI is InChI=1S/C16H27N5O2.C12H17ClN4O2.C7H15NO.C5H3Cl2N3O.C2H6.CH2O3.ClH.2K.H/c1-9-5-6-10(7-12(9)22)19-14-11(13(17)23)8-18-15(20-14)21-16(2,3)4;1-6-2-3-7(4-9(6)18)16-11-8(10(14)19)5-15-12(13)17-11;1-5-2-3-6(8)4-7(5)9;6-3-2(4(8)11)1-9-5(7)10-3;1-2;2-1-4-3;;;;/h8-10,12,22H,5-7H2,1-4H3,(H2,17,23)(H2,18,19,20,21);5-7,9,18H,2-4H2,1H3,(H2,14,19)(H,15,16,17);5-7,9H,2-4,8H2,1H3;1H,(H2,8,11);1-2H3;1,3H;1H;;;/q;;;;;;;2*+1;-1/p-1/i1D3,2D3,5D2,6D2,7D2,9D,10D,12D;1D3,2D2,3D2,4D2,6D,7D,9D;1D3,2D2,3D2,4D2,5D,6D,7D;;;;;;;. The van der Waals surface area contributed by atoms with Crippen LogP contribution in [-0.4, -0.2) is 111 Å². The number of hydrogen-bond acceptors (Lipinski definition) is 19. The summed E-state index contributed by atoms with van der Waals surface area (Å²) in [5.74, 6) is -17.7. The third-order valence-electron chi connectivity index (χ3n) is 6.41. The number of aromatic nitrogens is 6. The number of nitrogens with two attached hydrogens (primary N) is 4. The number of hydrogen-bond donors (Lipinski definition) is 10. The van der Waals surface area contributed by atoms with Gasteiger partial charge in [-0.3, -0.25) is 19.2 Å². The summed E-state index contributed by atoms with van der Waals surface area (Å²) < 4.78 is 306. The summed E-state index contributed by atoms with van der Waals surface area (Å²) in [6.07, 6.45) is -45.3. The molecule has 9 atom stereocenters. The van der Waals surface area contributed by atoms with Crippen molar-refractivity contribution >= 4 is 89.0 Å². The van der Waals surface area contributed by atoms with E-state index in [1.807, 2.05) is 24.5 Å². The van der Waals surface area contributed by atoms with E-state index in [9.17, 15) is 29.7 Å². The minimum atomic E-state index is -4.31. The molecule has 0 spiro atoms. The fourth-order valence-corrected chi connectivity index (χ4v) is 4.24. The quantitative estimate of drug-likeness (QED) is 0.0286. The summed E-state index contributed by atoms with van der Waals surface area (Å²) in [6, 6.07) is -11.1. The fourth-order valence-electron chi connectivity index (χ4n) is 3.70. The fraction of sp³-hybridized carbons (Fsp3) is 0.628. The van der Waals surface area contributed by atoms with Crippen molar-refractivity contribution in [2.24, 2.45) is 40.6 Å². The van der Waals surface area contributed by atoms with Gasteiger partial charge in [-0.2, -0.15) is 9.97 Å². The molecule has 3 aliphatic rings. The first-order chi connectivity index (χ1) is 46.8. The Morgan fingerprint density at radius 2 is 1.15 bits per heavy atom. The van der Waals surface area contributed by atoms with Crippen molar-refractivity contribution in [2.45, 2.75) is 154 Å². The second-order valence-electron chi connectivity index (χ2n) is 11.9. The number of aliphatic hydroxyl groups is 3. The average molecular weight is 1170 g/mol. The zero-order valence-electron chi connectivity index (χ0n) is 77.6. The average Bonchev–Trinajstić information content (AvgIpc) is 0.665. The van der Waals surface area contributed by atoms with E-state index in [1.54, 1.807) is 0 Å². The Labute approximate surface area is 578 Å². The number of carbonyl (C=O) groups excluding carboxylic acids is 4. The summed E-state index contributed by atoms with van der Waals surface area (Å²) in [7, 11) is 0. The van der Waals surface area contributed by atoms with Crippen molar-refractivity contribution < 1.29 is 202 Å². The molecule has 392 valence electrons. The van der Waals surface area contributed by atoms with E-state index in [-0.39, 0.29) is 139 Å². The number of primary amides is 3. The summed E-state index contributed by atoms with van der Waals surface area (Å²) in [6.45, 7) is -7.98. The molecule has 3 saturated carbocycles. The van der Waals surface area contributed by atoms with E-state index in [4.69, 9.17) is 121 Å². The molecule has 3 amide bonds. The molecular formula is C43H71Cl4K2N13O9. The van der Waals surface area contributed by atoms with Gasteiger partial charge in [-0.05, 0) is 119 Å².